The van der Waals surface area contributed by atoms with Gasteiger partial charge in [-0.25, -0.2) is 0 Å². The summed E-state index contributed by atoms with van der Waals surface area (Å²) in [5.74, 6) is 0. The standard InChI is InChI=1S/C21H43N.C7H16N2O/c1-3-5-6-7-8-9-10-11-12-13-14-15-16-17-18-19-21-22-20-4-2;1-9(2,3)6-4-5-8-7-10/h11-12,22H,3-10,13-21H2,1-2H3;7H,4-6H2,1-3H3/p+1/b12-11-;. The molecule has 32 heavy (non-hydrogen) atoms. The summed E-state index contributed by atoms with van der Waals surface area (Å²) >= 11 is 0. The van der Waals surface area contributed by atoms with Crippen molar-refractivity contribution in [2.75, 3.05) is 47.3 Å². The Morgan fingerprint density at radius 2 is 1.12 bits per heavy atom. The molecule has 0 aliphatic heterocycles. The van der Waals surface area contributed by atoms with E-state index in [1.807, 2.05) is 0 Å². The van der Waals surface area contributed by atoms with Gasteiger partial charge in [-0.2, -0.15) is 0 Å². The second kappa shape index (κ2) is 28.2. The Hall–Kier alpha value is -0.870. The molecule has 0 rings (SSSR count). The third-order valence-corrected chi connectivity index (χ3v) is 5.53. The number of unbranched alkanes of at least 4 members (excludes halogenated alkanes) is 12. The Morgan fingerprint density at radius 3 is 1.62 bits per heavy atom. The van der Waals surface area contributed by atoms with Crippen molar-refractivity contribution in [3.63, 3.8) is 0 Å². The first-order chi connectivity index (χ1) is 15.5. The van der Waals surface area contributed by atoms with E-state index in [4.69, 9.17) is 0 Å². The average Bonchev–Trinajstić information content (AvgIpc) is 2.76. The molecule has 192 valence electrons. The lowest BCUT2D eigenvalue weighted by atomic mass is 10.1. The molecule has 0 aromatic carbocycles. The van der Waals surface area contributed by atoms with Gasteiger partial charge in [0.1, 0.15) is 0 Å². The van der Waals surface area contributed by atoms with Gasteiger partial charge in [0.15, 0.2) is 0 Å². The van der Waals surface area contributed by atoms with Crippen molar-refractivity contribution in [1.82, 2.24) is 10.6 Å². The van der Waals surface area contributed by atoms with Gasteiger partial charge in [-0.3, -0.25) is 4.79 Å². The van der Waals surface area contributed by atoms with Gasteiger partial charge in [-0.05, 0) is 51.6 Å². The number of nitrogens with zero attached hydrogens (tertiary/aromatic N) is 1. The highest BCUT2D eigenvalue weighted by atomic mass is 16.1. The topological polar surface area (TPSA) is 41.1 Å². The fraction of sp³-hybridized carbons (Fsp3) is 0.893. The highest BCUT2D eigenvalue weighted by Gasteiger charge is 2.04. The molecule has 1 amide bonds. The predicted molar refractivity (Wildman–Crippen MR) is 144 cm³/mol. The third kappa shape index (κ3) is 36.5. The molecule has 0 atom stereocenters. The van der Waals surface area contributed by atoms with E-state index in [0.29, 0.717) is 0 Å². The molecule has 0 spiro atoms. The maximum atomic E-state index is 9.81. The Morgan fingerprint density at radius 1 is 0.594 bits per heavy atom. The fourth-order valence-electron chi connectivity index (χ4n) is 3.51. The van der Waals surface area contributed by atoms with E-state index in [9.17, 15) is 4.79 Å². The lowest BCUT2D eigenvalue weighted by molar-refractivity contribution is -0.870. The van der Waals surface area contributed by atoms with Crippen LogP contribution >= 0.6 is 0 Å². The van der Waals surface area contributed by atoms with Crippen LogP contribution in [0.25, 0.3) is 0 Å². The van der Waals surface area contributed by atoms with E-state index < -0.39 is 0 Å². The molecule has 0 unspecified atom stereocenters. The van der Waals surface area contributed by atoms with Crippen LogP contribution in [-0.2, 0) is 4.79 Å². The lowest BCUT2D eigenvalue weighted by Crippen LogP contribution is -2.36. The molecular weight excluding hydrogens is 394 g/mol. The van der Waals surface area contributed by atoms with Gasteiger partial charge in [0.05, 0.1) is 27.7 Å². The van der Waals surface area contributed by atoms with E-state index in [0.717, 1.165) is 30.4 Å². The Labute approximate surface area is 202 Å². The monoisotopic (exact) mass is 454 g/mol. The van der Waals surface area contributed by atoms with Crippen LogP contribution in [0.1, 0.15) is 117 Å². The number of nitrogens with one attached hydrogen (secondary N) is 2. The summed E-state index contributed by atoms with van der Waals surface area (Å²) < 4.78 is 0.959. The van der Waals surface area contributed by atoms with Crippen LogP contribution in [0, 0.1) is 0 Å². The summed E-state index contributed by atoms with van der Waals surface area (Å²) in [5.41, 5.74) is 0. The summed E-state index contributed by atoms with van der Waals surface area (Å²) in [6.45, 7) is 8.81. The Balaban J connectivity index is 0. The van der Waals surface area contributed by atoms with Crippen LogP contribution in [0.2, 0.25) is 0 Å². The number of hydrogen-bond acceptors (Lipinski definition) is 2. The zero-order chi connectivity index (χ0) is 24.2. The van der Waals surface area contributed by atoms with E-state index >= 15 is 0 Å². The zero-order valence-corrected chi connectivity index (χ0v) is 22.7. The van der Waals surface area contributed by atoms with E-state index in [2.05, 4.69) is 57.8 Å². The number of allylic oxidation sites excluding steroid dienone is 2. The first-order valence-corrected chi connectivity index (χ1v) is 13.8. The Bertz CT molecular complexity index is 377. The molecule has 0 bridgehead atoms. The van der Waals surface area contributed by atoms with Crippen LogP contribution in [-0.4, -0.2) is 58.2 Å². The average molecular weight is 455 g/mol. The minimum atomic E-state index is 0.746. The number of amides is 1. The molecule has 0 saturated carbocycles. The minimum absolute atomic E-state index is 0.746. The van der Waals surface area contributed by atoms with Crippen molar-refractivity contribution in [3.8, 4) is 0 Å². The van der Waals surface area contributed by atoms with Gasteiger partial charge in [0.25, 0.3) is 0 Å². The molecule has 0 heterocycles. The highest BCUT2D eigenvalue weighted by molar-refractivity contribution is 5.45. The summed E-state index contributed by atoms with van der Waals surface area (Å²) in [6, 6.07) is 0. The lowest BCUT2D eigenvalue weighted by Gasteiger charge is -2.23. The van der Waals surface area contributed by atoms with Crippen LogP contribution in [0.3, 0.4) is 0 Å². The predicted octanol–water partition coefficient (Wildman–Crippen LogP) is 6.85. The largest absolute Gasteiger partial charge is 0.358 e. The van der Waals surface area contributed by atoms with Crippen molar-refractivity contribution in [1.29, 1.82) is 0 Å². The quantitative estimate of drug-likeness (QED) is 0.0767. The summed E-state index contributed by atoms with van der Waals surface area (Å²) in [7, 11) is 6.42. The van der Waals surface area contributed by atoms with Crippen LogP contribution in [0.4, 0.5) is 0 Å². The smallest absolute Gasteiger partial charge is 0.207 e. The normalized spacial score (nSPS) is 11.4. The van der Waals surface area contributed by atoms with Crippen LogP contribution in [0.15, 0.2) is 12.2 Å². The number of quaternary nitrogens is 1. The molecule has 0 aliphatic rings. The molecule has 4 heteroatoms. The Kier molecular flexibility index (Phi) is 29.3. The van der Waals surface area contributed by atoms with Crippen molar-refractivity contribution in [2.24, 2.45) is 0 Å². The SMILES string of the molecule is CCCCCCCC/C=C\CCCCCCCCNCCC.C[N+](C)(C)CCCNC=O. The second-order valence-electron chi connectivity index (χ2n) is 10.1. The molecule has 0 aliphatic carbocycles. The van der Waals surface area contributed by atoms with Crippen molar-refractivity contribution in [2.45, 2.75) is 117 Å². The number of carbonyl (C=O) groups excluding carboxylic acids is 1. The van der Waals surface area contributed by atoms with Crippen molar-refractivity contribution in [3.05, 3.63) is 12.2 Å². The molecular formula is C28H60N3O+. The second-order valence-corrected chi connectivity index (χ2v) is 10.1. The molecule has 0 aromatic heterocycles. The van der Waals surface area contributed by atoms with E-state index in [1.165, 1.54) is 109 Å². The first-order valence-electron chi connectivity index (χ1n) is 13.8. The molecule has 0 saturated heterocycles. The summed E-state index contributed by atoms with van der Waals surface area (Å²) in [4.78, 5) is 9.81. The van der Waals surface area contributed by atoms with Gasteiger partial charge in [0.2, 0.25) is 6.41 Å². The van der Waals surface area contributed by atoms with Gasteiger partial charge >= 0.3 is 0 Å². The highest BCUT2D eigenvalue weighted by Crippen LogP contribution is 2.09. The molecule has 0 radical (unpaired) electrons. The summed E-state index contributed by atoms with van der Waals surface area (Å²) in [6.07, 6.45) is 27.4. The molecule has 0 aromatic rings. The zero-order valence-electron chi connectivity index (χ0n) is 22.7. The van der Waals surface area contributed by atoms with Gasteiger partial charge in [-0.1, -0.05) is 83.8 Å². The number of carbonyl (C=O) groups is 1. The van der Waals surface area contributed by atoms with Crippen molar-refractivity contribution < 1.29 is 9.28 Å². The number of rotatable bonds is 23. The van der Waals surface area contributed by atoms with Gasteiger partial charge < -0.3 is 15.1 Å². The van der Waals surface area contributed by atoms with Crippen molar-refractivity contribution >= 4 is 6.41 Å². The molecule has 2 N–H and O–H groups in total. The van der Waals surface area contributed by atoms with Crippen LogP contribution < -0.4 is 10.6 Å². The van der Waals surface area contributed by atoms with Gasteiger partial charge in [-0.15, -0.1) is 0 Å². The third-order valence-electron chi connectivity index (χ3n) is 5.53. The minimum Gasteiger partial charge on any atom is -0.358 e. The molecule has 0 fully saturated rings. The fourth-order valence-corrected chi connectivity index (χ4v) is 3.51. The van der Waals surface area contributed by atoms with E-state index in [1.54, 1.807) is 0 Å². The summed E-state index contributed by atoms with van der Waals surface area (Å²) in [5, 5.41) is 6.11. The first kappa shape index (κ1) is 33.3. The molecule has 4 nitrogen and oxygen atoms in total. The van der Waals surface area contributed by atoms with Crippen LogP contribution in [0.5, 0.6) is 0 Å². The maximum Gasteiger partial charge on any atom is 0.207 e. The van der Waals surface area contributed by atoms with E-state index in [-0.39, 0.29) is 0 Å². The van der Waals surface area contributed by atoms with Gasteiger partial charge in [0, 0.05) is 13.0 Å². The number of hydrogen-bond donors (Lipinski definition) is 2. The maximum absolute atomic E-state index is 9.81.